The Balaban J connectivity index is 1.33. The molecule has 4 fully saturated rings. The number of aryl methyl sites for hydroxylation is 1. The first-order valence-electron chi connectivity index (χ1n) is 13.1. The number of likely N-dealkylation sites (N-methyl/N-ethyl adjacent to an activating group) is 2. The summed E-state index contributed by atoms with van der Waals surface area (Å²) in [5.74, 6) is -3.78. The smallest absolute Gasteiger partial charge is 0.327 e. The summed E-state index contributed by atoms with van der Waals surface area (Å²) >= 11 is 0. The molecule has 1 spiro atoms. The lowest BCUT2D eigenvalue weighted by atomic mass is 9.83. The topological polar surface area (TPSA) is 188 Å². The van der Waals surface area contributed by atoms with Crippen molar-refractivity contribution >= 4 is 29.8 Å². The van der Waals surface area contributed by atoms with E-state index in [0.29, 0.717) is 5.56 Å². The van der Waals surface area contributed by atoms with Crippen LogP contribution in [0.15, 0.2) is 18.2 Å². The van der Waals surface area contributed by atoms with Gasteiger partial charge in [0.15, 0.2) is 17.6 Å². The first-order valence-corrected chi connectivity index (χ1v) is 13.1. The molecular weight excluding hydrogens is 506 g/mol. The van der Waals surface area contributed by atoms with Crippen LogP contribution in [0.5, 0.6) is 0 Å². The van der Waals surface area contributed by atoms with Crippen LogP contribution in [-0.2, 0) is 17.6 Å². The average Bonchev–Trinajstić information content (AvgIpc) is 3.47. The van der Waals surface area contributed by atoms with Crippen LogP contribution in [0, 0.1) is 10.8 Å². The third kappa shape index (κ3) is 3.44. The minimum absolute atomic E-state index is 0.0749. The zero-order chi connectivity index (χ0) is 27.9. The fourth-order valence-electron chi connectivity index (χ4n) is 6.92. The number of rotatable bonds is 4. The Kier molecular flexibility index (Phi) is 5.56. The molecular formula is C25H33N9O5. The van der Waals surface area contributed by atoms with E-state index in [1.165, 1.54) is 28.8 Å². The van der Waals surface area contributed by atoms with E-state index in [4.69, 9.17) is 10.8 Å². The highest BCUT2D eigenvalue weighted by Crippen LogP contribution is 2.45. The lowest BCUT2D eigenvalue weighted by Crippen LogP contribution is -2.81. The van der Waals surface area contributed by atoms with Crippen molar-refractivity contribution in [1.29, 1.82) is 10.8 Å². The summed E-state index contributed by atoms with van der Waals surface area (Å²) in [5, 5.41) is 49.4. The molecule has 1 aromatic carbocycles. The lowest BCUT2D eigenvalue weighted by molar-refractivity contribution is -0.242. The average molecular weight is 540 g/mol. The molecule has 1 aromatic rings. The number of hydrogen-bond acceptors (Lipinski definition) is 7. The molecule has 4 heterocycles. The Morgan fingerprint density at radius 3 is 2.64 bits per heavy atom. The van der Waals surface area contributed by atoms with Crippen molar-refractivity contribution in [2.45, 2.75) is 55.3 Å². The highest BCUT2D eigenvalue weighted by molar-refractivity contribution is 6.02. The Labute approximate surface area is 224 Å². The maximum atomic E-state index is 13.8. The second-order valence-corrected chi connectivity index (χ2v) is 11.0. The van der Waals surface area contributed by atoms with Crippen LogP contribution in [0.3, 0.4) is 0 Å². The third-order valence-electron chi connectivity index (χ3n) is 8.89. The van der Waals surface area contributed by atoms with Crippen LogP contribution >= 0.6 is 0 Å². The van der Waals surface area contributed by atoms with Crippen molar-refractivity contribution in [3.05, 3.63) is 34.9 Å². The predicted octanol–water partition coefficient (Wildman–Crippen LogP) is -2.00. The summed E-state index contributed by atoms with van der Waals surface area (Å²) in [6.07, 6.45) is 3.71. The number of nitrogens with zero attached hydrogens (tertiary/aromatic N) is 4. The minimum atomic E-state index is -2.63. The molecule has 4 amide bonds. The Bertz CT molecular complexity index is 1300. The van der Waals surface area contributed by atoms with Crippen LogP contribution in [0.4, 0.5) is 4.79 Å². The molecule has 14 heteroatoms. The van der Waals surface area contributed by atoms with E-state index in [2.05, 4.69) is 16.0 Å². The molecule has 1 unspecified atom stereocenters. The van der Waals surface area contributed by atoms with Crippen molar-refractivity contribution in [2.75, 3.05) is 33.7 Å². The van der Waals surface area contributed by atoms with Gasteiger partial charge < -0.3 is 40.9 Å². The number of imide groups is 1. The number of aliphatic hydroxyl groups is 2. The van der Waals surface area contributed by atoms with Gasteiger partial charge in [0.1, 0.15) is 12.6 Å². The van der Waals surface area contributed by atoms with Gasteiger partial charge in [-0.05, 0) is 42.9 Å². The summed E-state index contributed by atoms with van der Waals surface area (Å²) in [6, 6.07) is 2.18. The highest BCUT2D eigenvalue weighted by Gasteiger charge is 2.75. The summed E-state index contributed by atoms with van der Waals surface area (Å²) in [5.41, 5.74) is 0.818. The van der Waals surface area contributed by atoms with Crippen molar-refractivity contribution in [2.24, 2.45) is 0 Å². The number of guanidine groups is 2. The number of carbonyl (C=O) groups excluding carboxylic acids is 3. The fraction of sp³-hybridized carbons (Fsp3) is 0.560. The van der Waals surface area contributed by atoms with Gasteiger partial charge in [0.25, 0.3) is 5.91 Å². The van der Waals surface area contributed by atoms with Crippen molar-refractivity contribution < 1.29 is 24.6 Å². The molecule has 4 atom stereocenters. The predicted molar refractivity (Wildman–Crippen MR) is 138 cm³/mol. The molecule has 0 radical (unpaired) electrons. The Morgan fingerprint density at radius 1 is 1.18 bits per heavy atom. The number of carbonyl (C=O) groups is 3. The second-order valence-electron chi connectivity index (χ2n) is 11.0. The standard InChI is InChI=1S/C25H33N9O5/c1-31-12-18(35)33(23(31)37)10-16-19-24(30-21(26)29-19)25(38,39)17(11-34(24)22(27)28-16)32(2)20(36)15-9-5-7-13-6-3-4-8-14(13)15/h5,7,9,16-17,19,38-39H,3-4,6,8,10-12H2,1-2H3,(H2,27,28)(H3,26,29,30)/t16-,17?,19-,24-/m0/s1. The van der Waals surface area contributed by atoms with E-state index < -0.39 is 41.5 Å². The van der Waals surface area contributed by atoms with Gasteiger partial charge >= 0.3 is 6.03 Å². The molecule has 5 aliphatic rings. The van der Waals surface area contributed by atoms with E-state index in [9.17, 15) is 24.6 Å². The monoisotopic (exact) mass is 539 g/mol. The summed E-state index contributed by atoms with van der Waals surface area (Å²) in [7, 11) is 3.02. The number of hydrogen-bond donors (Lipinski definition) is 7. The number of fused-ring (bicyclic) bond motifs is 1. The van der Waals surface area contributed by atoms with E-state index in [1.807, 2.05) is 12.1 Å². The SMILES string of the molecule is CN1CC(=O)N(C[C@@H]2NC(=N)N3CC(N(C)C(=O)c4cccc5c4CCCC5)C(O)(O)[C@@]34NC(=N)N[C@@H]24)C1=O. The maximum absolute atomic E-state index is 13.8. The molecule has 14 nitrogen and oxygen atoms in total. The third-order valence-corrected chi connectivity index (χ3v) is 8.89. The molecule has 0 aromatic heterocycles. The molecule has 4 saturated heterocycles. The van der Waals surface area contributed by atoms with Crippen molar-refractivity contribution in [3.8, 4) is 0 Å². The molecule has 0 saturated carbocycles. The largest absolute Gasteiger partial charge is 0.361 e. The van der Waals surface area contributed by atoms with Crippen molar-refractivity contribution in [1.82, 2.24) is 35.6 Å². The summed E-state index contributed by atoms with van der Waals surface area (Å²) < 4.78 is 0. The van der Waals surface area contributed by atoms with Gasteiger partial charge in [-0.2, -0.15) is 0 Å². The first kappa shape index (κ1) is 25.4. The van der Waals surface area contributed by atoms with Gasteiger partial charge in [-0.25, -0.2) is 4.79 Å². The zero-order valence-corrected chi connectivity index (χ0v) is 21.8. The quantitative estimate of drug-likeness (QED) is 0.168. The van der Waals surface area contributed by atoms with Crippen molar-refractivity contribution in [3.63, 3.8) is 0 Å². The molecule has 6 rings (SSSR count). The number of urea groups is 1. The lowest BCUT2D eigenvalue weighted by Gasteiger charge is -2.51. The Morgan fingerprint density at radius 2 is 1.92 bits per heavy atom. The van der Waals surface area contributed by atoms with Gasteiger partial charge in [-0.15, -0.1) is 0 Å². The Hall–Kier alpha value is -3.91. The molecule has 39 heavy (non-hydrogen) atoms. The van der Waals surface area contributed by atoms with Crippen LogP contribution < -0.4 is 16.0 Å². The first-order chi connectivity index (χ1) is 18.5. The van der Waals surface area contributed by atoms with Gasteiger partial charge in [0.05, 0.1) is 18.6 Å². The molecule has 0 bridgehead atoms. The van der Waals surface area contributed by atoms with Gasteiger partial charge in [0.2, 0.25) is 11.7 Å². The molecule has 4 aliphatic heterocycles. The summed E-state index contributed by atoms with van der Waals surface area (Å²) in [6.45, 7) is -0.335. The van der Waals surface area contributed by atoms with Crippen LogP contribution in [-0.4, -0.2) is 123 Å². The molecule has 1 aliphatic carbocycles. The van der Waals surface area contributed by atoms with E-state index in [0.717, 1.165) is 41.7 Å². The zero-order valence-electron chi connectivity index (χ0n) is 21.8. The molecule has 208 valence electrons. The molecule has 7 N–H and O–H groups in total. The van der Waals surface area contributed by atoms with Crippen LogP contribution in [0.1, 0.15) is 34.3 Å². The number of nitrogens with one attached hydrogen (secondary N) is 5. The van der Waals surface area contributed by atoms with E-state index >= 15 is 0 Å². The maximum Gasteiger partial charge on any atom is 0.327 e. The second kappa shape index (κ2) is 8.55. The number of amides is 4. The highest BCUT2D eigenvalue weighted by atomic mass is 16.5. The van der Waals surface area contributed by atoms with E-state index in [1.54, 1.807) is 6.07 Å². The van der Waals surface area contributed by atoms with Crippen LogP contribution in [0.25, 0.3) is 0 Å². The minimum Gasteiger partial charge on any atom is -0.361 e. The fourth-order valence-corrected chi connectivity index (χ4v) is 6.92. The summed E-state index contributed by atoms with van der Waals surface area (Å²) in [4.78, 5) is 43.8. The van der Waals surface area contributed by atoms with E-state index in [-0.39, 0.29) is 37.5 Å². The van der Waals surface area contributed by atoms with Gasteiger partial charge in [-0.1, -0.05) is 12.1 Å². The number of benzene rings is 1. The van der Waals surface area contributed by atoms with Crippen LogP contribution in [0.2, 0.25) is 0 Å². The van der Waals surface area contributed by atoms with Gasteiger partial charge in [-0.3, -0.25) is 25.3 Å². The normalized spacial score (nSPS) is 30.9. The van der Waals surface area contributed by atoms with Gasteiger partial charge in [0, 0.05) is 26.2 Å².